The lowest BCUT2D eigenvalue weighted by molar-refractivity contribution is -0.143. The zero-order valence-electron chi connectivity index (χ0n) is 14.3. The molecule has 0 spiro atoms. The molecule has 1 unspecified atom stereocenters. The van der Waals surface area contributed by atoms with Gasteiger partial charge in [0, 0.05) is 25.1 Å². The highest BCUT2D eigenvalue weighted by Gasteiger charge is 2.44. The van der Waals surface area contributed by atoms with Gasteiger partial charge in [-0.3, -0.25) is 9.59 Å². The third kappa shape index (κ3) is 3.15. The van der Waals surface area contributed by atoms with Crippen LogP contribution in [0.3, 0.4) is 0 Å². The Morgan fingerprint density at radius 3 is 2.58 bits per heavy atom. The van der Waals surface area contributed by atoms with E-state index in [1.54, 1.807) is 4.68 Å². The quantitative estimate of drug-likeness (QED) is 0.815. The van der Waals surface area contributed by atoms with Gasteiger partial charge in [-0.05, 0) is 18.3 Å². The third-order valence-electron chi connectivity index (χ3n) is 4.73. The van der Waals surface area contributed by atoms with Crippen LogP contribution >= 0.6 is 0 Å². The summed E-state index contributed by atoms with van der Waals surface area (Å²) in [7, 11) is 0. The summed E-state index contributed by atoms with van der Waals surface area (Å²) >= 11 is 0. The predicted octanol–water partition coefficient (Wildman–Crippen LogP) is 0.190. The van der Waals surface area contributed by atoms with E-state index in [4.69, 9.17) is 5.73 Å². The van der Waals surface area contributed by atoms with E-state index in [1.165, 1.54) is 4.90 Å². The van der Waals surface area contributed by atoms with Crippen LogP contribution < -0.4 is 5.73 Å². The van der Waals surface area contributed by atoms with Gasteiger partial charge in [-0.1, -0.05) is 26.0 Å². The van der Waals surface area contributed by atoms with Crippen molar-refractivity contribution in [1.82, 2.24) is 19.9 Å². The molecular weight excluding hydrogens is 310 g/mol. The maximum absolute atomic E-state index is 13.2. The van der Waals surface area contributed by atoms with Gasteiger partial charge < -0.3 is 15.7 Å². The topological polar surface area (TPSA) is 114 Å². The summed E-state index contributed by atoms with van der Waals surface area (Å²) in [4.78, 5) is 26.2. The van der Waals surface area contributed by atoms with Crippen LogP contribution in [0.25, 0.3) is 0 Å². The molecule has 2 aliphatic rings. The second-order valence-corrected chi connectivity index (χ2v) is 7.96. The zero-order chi connectivity index (χ0) is 17.6. The SMILES string of the molecule is CC(C)(C)C(C(=O)N1C[C@H](O)C[C@H]1C(N)=O)n1cc(C2CC2)nn1. The molecule has 132 valence electrons. The second kappa shape index (κ2) is 5.84. The first-order valence-corrected chi connectivity index (χ1v) is 8.38. The predicted molar refractivity (Wildman–Crippen MR) is 85.8 cm³/mol. The number of aliphatic hydroxyl groups excluding tert-OH is 1. The van der Waals surface area contributed by atoms with E-state index >= 15 is 0 Å². The number of carbonyl (C=O) groups excluding carboxylic acids is 2. The van der Waals surface area contributed by atoms with Crippen molar-refractivity contribution in [1.29, 1.82) is 0 Å². The summed E-state index contributed by atoms with van der Waals surface area (Å²) in [5.74, 6) is -0.402. The van der Waals surface area contributed by atoms with E-state index in [1.807, 2.05) is 27.0 Å². The maximum atomic E-state index is 13.2. The molecule has 1 saturated heterocycles. The molecule has 2 amide bonds. The highest BCUT2D eigenvalue weighted by molar-refractivity contribution is 5.89. The van der Waals surface area contributed by atoms with Crippen molar-refractivity contribution < 1.29 is 14.7 Å². The molecule has 8 heteroatoms. The molecule has 24 heavy (non-hydrogen) atoms. The lowest BCUT2D eigenvalue weighted by atomic mass is 9.85. The monoisotopic (exact) mass is 335 g/mol. The summed E-state index contributed by atoms with van der Waals surface area (Å²) in [6.45, 7) is 5.95. The molecule has 1 saturated carbocycles. The molecule has 1 aromatic heterocycles. The minimum absolute atomic E-state index is 0.114. The van der Waals surface area contributed by atoms with Crippen molar-refractivity contribution in [3.8, 4) is 0 Å². The molecule has 1 aromatic rings. The highest BCUT2D eigenvalue weighted by atomic mass is 16.3. The Bertz CT molecular complexity index is 646. The number of nitrogens with zero attached hydrogens (tertiary/aromatic N) is 4. The van der Waals surface area contributed by atoms with Gasteiger partial charge in [-0.25, -0.2) is 4.68 Å². The van der Waals surface area contributed by atoms with Crippen LogP contribution in [-0.4, -0.2) is 55.5 Å². The van der Waals surface area contributed by atoms with Gasteiger partial charge >= 0.3 is 0 Å². The van der Waals surface area contributed by atoms with Crippen molar-refractivity contribution in [2.24, 2.45) is 11.1 Å². The van der Waals surface area contributed by atoms with E-state index in [2.05, 4.69) is 10.3 Å². The fourth-order valence-electron chi connectivity index (χ4n) is 3.35. The standard InChI is InChI=1S/C16H25N5O3/c1-16(2,3)13(21-8-11(18-19-21)9-4-5-9)15(24)20-7-10(22)6-12(20)14(17)23/h8-10,12-13,22H,4-7H2,1-3H3,(H2,17,23)/t10-,12+,13?/m1/s1. The van der Waals surface area contributed by atoms with Crippen molar-refractivity contribution in [3.63, 3.8) is 0 Å². The Morgan fingerprint density at radius 2 is 2.04 bits per heavy atom. The molecule has 1 aliphatic heterocycles. The molecule has 0 aromatic carbocycles. The van der Waals surface area contributed by atoms with Crippen molar-refractivity contribution in [2.75, 3.05) is 6.54 Å². The lowest BCUT2D eigenvalue weighted by Gasteiger charge is -2.34. The molecule has 0 radical (unpaired) electrons. The van der Waals surface area contributed by atoms with E-state index in [0.29, 0.717) is 5.92 Å². The first-order valence-electron chi connectivity index (χ1n) is 8.38. The van der Waals surface area contributed by atoms with Gasteiger partial charge in [0.2, 0.25) is 11.8 Å². The number of amides is 2. The number of hydrogen-bond acceptors (Lipinski definition) is 5. The Hall–Kier alpha value is -1.96. The van der Waals surface area contributed by atoms with Crippen molar-refractivity contribution >= 4 is 11.8 Å². The Balaban J connectivity index is 1.90. The number of primary amides is 1. The number of β-amino-alcohol motifs (C(OH)–C–C–N with tert-alkyl or cyclic N) is 1. The molecule has 0 bridgehead atoms. The first-order chi connectivity index (χ1) is 11.2. The number of nitrogens with two attached hydrogens (primary N) is 1. The first kappa shape index (κ1) is 16.9. The third-order valence-corrected chi connectivity index (χ3v) is 4.73. The molecule has 3 N–H and O–H groups in total. The van der Waals surface area contributed by atoms with Crippen LogP contribution in [0, 0.1) is 5.41 Å². The van der Waals surface area contributed by atoms with Crippen molar-refractivity contribution in [3.05, 3.63) is 11.9 Å². The summed E-state index contributed by atoms with van der Waals surface area (Å²) in [6.07, 6.45) is 3.49. The summed E-state index contributed by atoms with van der Waals surface area (Å²) in [5.41, 5.74) is 5.89. The molecule has 2 fully saturated rings. The van der Waals surface area contributed by atoms with Crippen LogP contribution in [0.1, 0.15) is 57.7 Å². The average molecular weight is 335 g/mol. The zero-order valence-corrected chi connectivity index (χ0v) is 14.3. The van der Waals surface area contributed by atoms with E-state index in [9.17, 15) is 14.7 Å². The molecule has 3 atom stereocenters. The van der Waals surface area contributed by atoms with Gasteiger partial charge in [-0.15, -0.1) is 5.10 Å². The number of hydrogen-bond donors (Lipinski definition) is 2. The smallest absolute Gasteiger partial charge is 0.248 e. The van der Waals surface area contributed by atoms with Crippen LogP contribution in [-0.2, 0) is 9.59 Å². The van der Waals surface area contributed by atoms with Crippen molar-refractivity contribution in [2.45, 2.75) is 64.1 Å². The highest BCUT2D eigenvalue weighted by Crippen LogP contribution is 2.40. The van der Waals surface area contributed by atoms with Crippen LogP contribution in [0.5, 0.6) is 0 Å². The van der Waals surface area contributed by atoms with E-state index in [-0.39, 0.29) is 18.9 Å². The van der Waals surface area contributed by atoms with Gasteiger partial charge in [0.1, 0.15) is 12.1 Å². The van der Waals surface area contributed by atoms with E-state index in [0.717, 1.165) is 18.5 Å². The van der Waals surface area contributed by atoms with Crippen LogP contribution in [0.15, 0.2) is 6.20 Å². The molecule has 8 nitrogen and oxygen atoms in total. The Labute approximate surface area is 141 Å². The summed E-state index contributed by atoms with van der Waals surface area (Å²) in [5, 5.41) is 18.2. The largest absolute Gasteiger partial charge is 0.391 e. The fourth-order valence-corrected chi connectivity index (χ4v) is 3.35. The van der Waals surface area contributed by atoms with Gasteiger partial charge in [-0.2, -0.15) is 0 Å². The second-order valence-electron chi connectivity index (χ2n) is 7.96. The van der Waals surface area contributed by atoms with Crippen LogP contribution in [0.2, 0.25) is 0 Å². The molecule has 1 aliphatic carbocycles. The number of aromatic nitrogens is 3. The number of likely N-dealkylation sites (tertiary alicyclic amines) is 1. The number of carbonyl (C=O) groups is 2. The summed E-state index contributed by atoms with van der Waals surface area (Å²) in [6, 6.07) is -1.38. The molecule has 3 rings (SSSR count). The Morgan fingerprint density at radius 1 is 1.38 bits per heavy atom. The minimum atomic E-state index is -0.774. The molecule has 2 heterocycles. The fraction of sp³-hybridized carbons (Fsp3) is 0.750. The average Bonchev–Trinajstić information content (AvgIpc) is 3.07. The minimum Gasteiger partial charge on any atom is -0.391 e. The molecular formula is C16H25N5O3. The number of rotatable bonds is 4. The van der Waals surface area contributed by atoms with E-state index < -0.39 is 29.5 Å². The van der Waals surface area contributed by atoms with Gasteiger partial charge in [0.25, 0.3) is 0 Å². The van der Waals surface area contributed by atoms with Gasteiger partial charge in [0.05, 0.1) is 11.8 Å². The maximum Gasteiger partial charge on any atom is 0.248 e. The normalized spacial score (nSPS) is 25.8. The lowest BCUT2D eigenvalue weighted by Crippen LogP contribution is -2.49. The van der Waals surface area contributed by atoms with Crippen LogP contribution in [0.4, 0.5) is 0 Å². The summed E-state index contributed by atoms with van der Waals surface area (Å²) < 4.78 is 1.60. The Kier molecular flexibility index (Phi) is 4.11. The number of aliphatic hydroxyl groups is 1. The van der Waals surface area contributed by atoms with Gasteiger partial charge in [0.15, 0.2) is 0 Å².